The molecule has 0 saturated heterocycles. The SMILES string of the molecule is Cc1nnc(NCC(C)(O)c2cccc(Cl)c2)c(C#N)c1C. The van der Waals surface area contributed by atoms with Crippen molar-refractivity contribution < 1.29 is 5.11 Å². The zero-order valence-corrected chi connectivity index (χ0v) is 13.4. The lowest BCUT2D eigenvalue weighted by atomic mass is 9.96. The van der Waals surface area contributed by atoms with Crippen LogP contribution in [0.5, 0.6) is 0 Å². The van der Waals surface area contributed by atoms with E-state index in [-0.39, 0.29) is 6.54 Å². The van der Waals surface area contributed by atoms with Crippen molar-refractivity contribution in [2.45, 2.75) is 26.4 Å². The van der Waals surface area contributed by atoms with E-state index in [1.54, 1.807) is 38.1 Å². The molecule has 5 nitrogen and oxygen atoms in total. The predicted octanol–water partition coefficient (Wildman–Crippen LogP) is 2.94. The monoisotopic (exact) mass is 316 g/mol. The van der Waals surface area contributed by atoms with Crippen LogP contribution in [0.15, 0.2) is 24.3 Å². The number of aromatic nitrogens is 2. The summed E-state index contributed by atoms with van der Waals surface area (Å²) in [6.45, 7) is 5.48. The Morgan fingerprint density at radius 3 is 2.73 bits per heavy atom. The van der Waals surface area contributed by atoms with Crippen LogP contribution in [0.25, 0.3) is 0 Å². The first-order chi connectivity index (χ1) is 10.3. The van der Waals surface area contributed by atoms with E-state index in [4.69, 9.17) is 11.6 Å². The maximum Gasteiger partial charge on any atom is 0.167 e. The second kappa shape index (κ2) is 6.30. The highest BCUT2D eigenvalue weighted by Gasteiger charge is 2.24. The molecule has 0 aliphatic heterocycles. The maximum absolute atomic E-state index is 10.6. The van der Waals surface area contributed by atoms with Gasteiger partial charge in [0.05, 0.1) is 5.69 Å². The second-order valence-electron chi connectivity index (χ2n) is 5.38. The van der Waals surface area contributed by atoms with Gasteiger partial charge in [0.2, 0.25) is 0 Å². The molecule has 1 unspecified atom stereocenters. The van der Waals surface area contributed by atoms with E-state index in [9.17, 15) is 10.4 Å². The summed E-state index contributed by atoms with van der Waals surface area (Å²) in [4.78, 5) is 0. The van der Waals surface area contributed by atoms with Gasteiger partial charge in [-0.25, -0.2) is 0 Å². The smallest absolute Gasteiger partial charge is 0.167 e. The highest BCUT2D eigenvalue weighted by atomic mass is 35.5. The van der Waals surface area contributed by atoms with Gasteiger partial charge in [0, 0.05) is 11.6 Å². The number of aliphatic hydroxyl groups is 1. The molecule has 22 heavy (non-hydrogen) atoms. The maximum atomic E-state index is 10.6. The van der Waals surface area contributed by atoms with E-state index in [2.05, 4.69) is 21.6 Å². The minimum absolute atomic E-state index is 0.180. The average Bonchev–Trinajstić information content (AvgIpc) is 2.48. The summed E-state index contributed by atoms with van der Waals surface area (Å²) in [6, 6.07) is 9.15. The Hall–Kier alpha value is -2.16. The van der Waals surface area contributed by atoms with Crippen LogP contribution in [0.3, 0.4) is 0 Å². The number of rotatable bonds is 4. The Morgan fingerprint density at radius 2 is 2.09 bits per heavy atom. The lowest BCUT2D eigenvalue weighted by molar-refractivity contribution is 0.0714. The molecule has 0 bridgehead atoms. The van der Waals surface area contributed by atoms with Crippen LogP contribution in [0.1, 0.15) is 29.3 Å². The quantitative estimate of drug-likeness (QED) is 0.906. The van der Waals surface area contributed by atoms with Crippen LogP contribution >= 0.6 is 11.6 Å². The van der Waals surface area contributed by atoms with Crippen LogP contribution in [0, 0.1) is 25.2 Å². The van der Waals surface area contributed by atoms with Gasteiger partial charge in [-0.1, -0.05) is 23.7 Å². The van der Waals surface area contributed by atoms with E-state index >= 15 is 0 Å². The van der Waals surface area contributed by atoms with Gasteiger partial charge in [-0.05, 0) is 44.0 Å². The van der Waals surface area contributed by atoms with Gasteiger partial charge >= 0.3 is 0 Å². The van der Waals surface area contributed by atoms with Crippen molar-refractivity contribution in [3.63, 3.8) is 0 Å². The molecule has 0 radical (unpaired) electrons. The van der Waals surface area contributed by atoms with Gasteiger partial charge in [0.25, 0.3) is 0 Å². The van der Waals surface area contributed by atoms with Crippen molar-refractivity contribution in [2.75, 3.05) is 11.9 Å². The first kappa shape index (κ1) is 16.2. The molecule has 1 atom stereocenters. The van der Waals surface area contributed by atoms with E-state index in [0.717, 1.165) is 5.56 Å². The predicted molar refractivity (Wildman–Crippen MR) is 85.7 cm³/mol. The summed E-state index contributed by atoms with van der Waals surface area (Å²) in [5.74, 6) is 0.368. The second-order valence-corrected chi connectivity index (χ2v) is 5.82. The third-order valence-corrected chi connectivity index (χ3v) is 3.85. The van der Waals surface area contributed by atoms with E-state index in [0.29, 0.717) is 27.7 Å². The molecule has 2 rings (SSSR count). The zero-order chi connectivity index (χ0) is 16.3. The van der Waals surface area contributed by atoms with Crippen LogP contribution < -0.4 is 5.32 Å². The number of anilines is 1. The Kier molecular flexibility index (Phi) is 4.65. The zero-order valence-electron chi connectivity index (χ0n) is 12.7. The van der Waals surface area contributed by atoms with E-state index in [1.807, 2.05) is 6.92 Å². The Morgan fingerprint density at radius 1 is 1.36 bits per heavy atom. The first-order valence-corrected chi connectivity index (χ1v) is 7.19. The van der Waals surface area contributed by atoms with Gasteiger partial charge in [-0.3, -0.25) is 0 Å². The minimum Gasteiger partial charge on any atom is -0.384 e. The van der Waals surface area contributed by atoms with Crippen molar-refractivity contribution >= 4 is 17.4 Å². The van der Waals surface area contributed by atoms with E-state index in [1.165, 1.54) is 0 Å². The van der Waals surface area contributed by atoms with Gasteiger partial charge in [0.15, 0.2) is 5.82 Å². The topological polar surface area (TPSA) is 81.8 Å². The Labute approximate surface area is 134 Å². The molecule has 0 saturated carbocycles. The van der Waals surface area contributed by atoms with Crippen LogP contribution in [-0.2, 0) is 5.60 Å². The number of hydrogen-bond donors (Lipinski definition) is 2. The standard InChI is InChI=1S/C16H17ClN4O/c1-10-11(2)20-21-15(14(10)8-18)19-9-16(3,22)12-5-4-6-13(17)7-12/h4-7,22H,9H2,1-3H3,(H,19,21). The molecular formula is C16H17ClN4O. The van der Waals surface area contributed by atoms with E-state index < -0.39 is 5.60 Å². The fraction of sp³-hybridized carbons (Fsp3) is 0.312. The lowest BCUT2D eigenvalue weighted by Crippen LogP contribution is -2.31. The molecule has 0 aliphatic carbocycles. The fourth-order valence-corrected chi connectivity index (χ4v) is 2.24. The molecule has 0 amide bonds. The number of halogens is 1. The third kappa shape index (κ3) is 3.35. The Balaban J connectivity index is 2.23. The molecule has 1 aromatic heterocycles. The molecule has 0 spiro atoms. The van der Waals surface area contributed by atoms with Crippen molar-refractivity contribution in [3.8, 4) is 6.07 Å². The van der Waals surface area contributed by atoms with Crippen LogP contribution in [0.2, 0.25) is 5.02 Å². The largest absolute Gasteiger partial charge is 0.384 e. The number of nitriles is 1. The molecule has 0 aliphatic rings. The van der Waals surface area contributed by atoms with Crippen LogP contribution in [-0.4, -0.2) is 21.8 Å². The summed E-state index contributed by atoms with van der Waals surface area (Å²) in [7, 11) is 0. The van der Waals surface area contributed by atoms with Gasteiger partial charge < -0.3 is 10.4 Å². The van der Waals surface area contributed by atoms with Gasteiger partial charge in [-0.2, -0.15) is 10.4 Å². The van der Waals surface area contributed by atoms with Crippen molar-refractivity contribution in [1.29, 1.82) is 5.26 Å². The fourth-order valence-electron chi connectivity index (χ4n) is 2.05. The molecule has 2 N–H and O–H groups in total. The summed E-state index contributed by atoms with van der Waals surface area (Å²) in [5, 5.41) is 31.4. The molecule has 1 aromatic carbocycles. The normalized spacial score (nSPS) is 13.3. The van der Waals surface area contributed by atoms with Crippen molar-refractivity contribution in [2.24, 2.45) is 0 Å². The van der Waals surface area contributed by atoms with Crippen molar-refractivity contribution in [1.82, 2.24) is 10.2 Å². The summed E-state index contributed by atoms with van der Waals surface area (Å²) in [5.41, 5.74) is 1.46. The minimum atomic E-state index is -1.15. The lowest BCUT2D eigenvalue weighted by Gasteiger charge is -2.25. The highest BCUT2D eigenvalue weighted by Crippen LogP contribution is 2.25. The summed E-state index contributed by atoms with van der Waals surface area (Å²) in [6.07, 6.45) is 0. The molecule has 114 valence electrons. The number of nitrogens with one attached hydrogen (secondary N) is 1. The summed E-state index contributed by atoms with van der Waals surface area (Å²) < 4.78 is 0. The first-order valence-electron chi connectivity index (χ1n) is 6.81. The van der Waals surface area contributed by atoms with Crippen molar-refractivity contribution in [3.05, 3.63) is 51.7 Å². The van der Waals surface area contributed by atoms with Crippen LogP contribution in [0.4, 0.5) is 5.82 Å². The molecule has 0 fully saturated rings. The highest BCUT2D eigenvalue weighted by molar-refractivity contribution is 6.30. The number of nitrogens with zero attached hydrogens (tertiary/aromatic N) is 3. The molecule has 1 heterocycles. The number of aryl methyl sites for hydroxylation is 1. The summed E-state index contributed by atoms with van der Waals surface area (Å²) >= 11 is 5.96. The number of benzene rings is 1. The molecule has 6 heteroatoms. The average molecular weight is 317 g/mol. The molecule has 2 aromatic rings. The van der Waals surface area contributed by atoms with Gasteiger partial charge in [0.1, 0.15) is 17.2 Å². The molecular weight excluding hydrogens is 300 g/mol. The number of hydrogen-bond acceptors (Lipinski definition) is 5. The van der Waals surface area contributed by atoms with Gasteiger partial charge in [-0.15, -0.1) is 5.10 Å². The third-order valence-electron chi connectivity index (χ3n) is 3.61. The Bertz CT molecular complexity index is 737.